The van der Waals surface area contributed by atoms with Gasteiger partial charge in [0.05, 0.1) is 18.7 Å². The highest BCUT2D eigenvalue weighted by Crippen LogP contribution is 2.35. The third kappa shape index (κ3) is 6.53. The van der Waals surface area contributed by atoms with Gasteiger partial charge < -0.3 is 29.1 Å². The molecule has 1 unspecified atom stereocenters. The minimum absolute atomic E-state index is 0.00000362. The number of benzene rings is 3. The number of halogens is 1. The molecule has 1 aromatic heterocycles. The van der Waals surface area contributed by atoms with Gasteiger partial charge in [0.25, 0.3) is 11.8 Å². The number of ether oxygens (including phenoxy) is 2. The lowest BCUT2D eigenvalue weighted by Gasteiger charge is -2.21. The second-order valence-corrected chi connectivity index (χ2v) is 12.3. The van der Waals surface area contributed by atoms with Crippen LogP contribution in [0.3, 0.4) is 0 Å². The number of likely N-dealkylation sites (tertiary alicyclic amines) is 2. The predicted octanol–water partition coefficient (Wildman–Crippen LogP) is 4.99. The fourth-order valence-electron chi connectivity index (χ4n) is 6.25. The molecule has 4 aromatic rings. The second-order valence-electron chi connectivity index (χ2n) is 12.3. The Morgan fingerprint density at radius 3 is 2.43 bits per heavy atom. The molecule has 242 valence electrons. The number of nitrogens with zero attached hydrogens (tertiary/aromatic N) is 4. The summed E-state index contributed by atoms with van der Waals surface area (Å²) >= 11 is 0. The van der Waals surface area contributed by atoms with Gasteiger partial charge in [-0.3, -0.25) is 14.4 Å². The number of hydrogen-bond acceptors (Lipinski definition) is 8. The van der Waals surface area contributed by atoms with Crippen LogP contribution in [-0.4, -0.2) is 69.9 Å². The van der Waals surface area contributed by atoms with Crippen molar-refractivity contribution >= 4 is 17.7 Å². The zero-order valence-electron chi connectivity index (χ0n) is 26.1. The summed E-state index contributed by atoms with van der Waals surface area (Å²) in [5.41, 5.74) is 1.91. The number of aromatic nitrogens is 2. The number of rotatable bonds is 10. The van der Waals surface area contributed by atoms with E-state index in [1.54, 1.807) is 48.1 Å². The van der Waals surface area contributed by atoms with E-state index in [2.05, 4.69) is 15.5 Å². The van der Waals surface area contributed by atoms with Crippen LogP contribution in [0.5, 0.6) is 17.2 Å². The molecule has 3 heterocycles. The summed E-state index contributed by atoms with van der Waals surface area (Å²) < 4.78 is 32.4. The molecule has 3 aromatic carbocycles. The lowest BCUT2D eigenvalue weighted by atomic mass is 9.98. The van der Waals surface area contributed by atoms with Crippen LogP contribution in [-0.2, 0) is 16.1 Å². The van der Waals surface area contributed by atoms with Crippen molar-refractivity contribution < 1.29 is 32.8 Å². The van der Waals surface area contributed by atoms with Crippen molar-refractivity contribution in [3.05, 3.63) is 89.0 Å². The molecule has 7 rings (SSSR count). The molecule has 2 aliphatic heterocycles. The van der Waals surface area contributed by atoms with Gasteiger partial charge in [-0.2, -0.15) is 4.98 Å². The van der Waals surface area contributed by atoms with Crippen LogP contribution in [0.1, 0.15) is 58.9 Å². The van der Waals surface area contributed by atoms with Gasteiger partial charge in [0, 0.05) is 55.6 Å². The van der Waals surface area contributed by atoms with Crippen LogP contribution in [0.15, 0.2) is 65.2 Å². The number of nitrogens with one attached hydrogen (secondary N) is 1. The highest BCUT2D eigenvalue weighted by atomic mass is 19.1. The monoisotopic (exact) mass is 639 g/mol. The Hall–Kier alpha value is -5.26. The van der Waals surface area contributed by atoms with Gasteiger partial charge in [0.1, 0.15) is 23.1 Å². The summed E-state index contributed by atoms with van der Waals surface area (Å²) in [6, 6.07) is 17.0. The summed E-state index contributed by atoms with van der Waals surface area (Å²) in [4.78, 5) is 46.6. The van der Waals surface area contributed by atoms with E-state index in [0.29, 0.717) is 48.1 Å². The third-order valence-electron chi connectivity index (χ3n) is 8.90. The Bertz CT molecular complexity index is 1820. The summed E-state index contributed by atoms with van der Waals surface area (Å²) in [5.74, 6) is 0.797. The smallest absolute Gasteiger partial charge is 0.257 e. The van der Waals surface area contributed by atoms with E-state index in [1.807, 2.05) is 24.3 Å². The molecule has 2 saturated heterocycles. The molecule has 3 aliphatic rings. The van der Waals surface area contributed by atoms with Crippen LogP contribution in [0.4, 0.5) is 4.39 Å². The summed E-state index contributed by atoms with van der Waals surface area (Å²) in [5, 5.41) is 6.66. The van der Waals surface area contributed by atoms with Crippen molar-refractivity contribution in [3.63, 3.8) is 0 Å². The van der Waals surface area contributed by atoms with Crippen molar-refractivity contribution in [3.8, 4) is 28.7 Å². The van der Waals surface area contributed by atoms with Crippen molar-refractivity contribution in [2.45, 2.75) is 57.2 Å². The number of carbonyl (C=O) groups is 3. The van der Waals surface area contributed by atoms with Crippen LogP contribution in [0, 0.1) is 12.7 Å². The Morgan fingerprint density at radius 1 is 1.00 bits per heavy atom. The van der Waals surface area contributed by atoms with Gasteiger partial charge >= 0.3 is 0 Å². The minimum Gasteiger partial charge on any atom is -0.497 e. The lowest BCUT2D eigenvalue weighted by Crippen LogP contribution is -2.38. The molecule has 0 bridgehead atoms. The summed E-state index contributed by atoms with van der Waals surface area (Å²) in [6.07, 6.45) is 2.45. The van der Waals surface area contributed by atoms with E-state index in [1.165, 1.54) is 12.1 Å². The largest absolute Gasteiger partial charge is 0.497 e. The first-order valence-corrected chi connectivity index (χ1v) is 15.7. The van der Waals surface area contributed by atoms with Crippen molar-refractivity contribution in [1.82, 2.24) is 25.3 Å². The van der Waals surface area contributed by atoms with Gasteiger partial charge in [-0.1, -0.05) is 17.3 Å². The van der Waals surface area contributed by atoms with E-state index in [-0.39, 0.29) is 48.1 Å². The molecule has 1 aliphatic carbocycles. The van der Waals surface area contributed by atoms with Gasteiger partial charge in [-0.05, 0) is 73.9 Å². The maximum absolute atomic E-state index is 15.7. The van der Waals surface area contributed by atoms with Crippen LogP contribution in [0.25, 0.3) is 11.5 Å². The first-order chi connectivity index (χ1) is 22.7. The Labute approximate surface area is 270 Å². The van der Waals surface area contributed by atoms with E-state index >= 15 is 4.39 Å². The lowest BCUT2D eigenvalue weighted by molar-refractivity contribution is -0.129. The molecule has 0 spiro atoms. The molecule has 11 nitrogen and oxygen atoms in total. The molecule has 3 amide bonds. The Morgan fingerprint density at radius 2 is 1.74 bits per heavy atom. The molecule has 0 radical (unpaired) electrons. The van der Waals surface area contributed by atoms with Crippen LogP contribution in [0.2, 0.25) is 0 Å². The quantitative estimate of drug-likeness (QED) is 0.257. The van der Waals surface area contributed by atoms with E-state index in [4.69, 9.17) is 14.0 Å². The standard InChI is InChI=1S/C35H34FN5O6/c1-20-37-35(47-39-20)22-5-11-28(12-6-22)46-31-16-29(34(44)38-25-15-33(43)41(19-25)26-7-8-26)30(36)13-24(31)18-40-17-23(14-32(40)42)21-3-9-27(45-2)10-4-21/h3-6,9-13,16,23,25-26H,7-8,14-15,17-19H2,1-2H3,(H,38,44)/t23?,25-/m0/s1. The molecule has 12 heteroatoms. The Kier molecular flexibility index (Phi) is 8.09. The predicted molar refractivity (Wildman–Crippen MR) is 167 cm³/mol. The Balaban J connectivity index is 1.13. The second kappa shape index (κ2) is 12.5. The maximum Gasteiger partial charge on any atom is 0.257 e. The van der Waals surface area contributed by atoms with Crippen molar-refractivity contribution in [2.24, 2.45) is 0 Å². The van der Waals surface area contributed by atoms with E-state index in [0.717, 1.165) is 24.2 Å². The number of hydrogen-bond donors (Lipinski definition) is 1. The molecule has 2 atom stereocenters. The first-order valence-electron chi connectivity index (χ1n) is 15.7. The van der Waals surface area contributed by atoms with Gasteiger partial charge in [0.15, 0.2) is 5.82 Å². The average Bonchev–Trinajstić information content (AvgIpc) is 3.56. The highest BCUT2D eigenvalue weighted by molar-refractivity contribution is 5.96. The van der Waals surface area contributed by atoms with Crippen molar-refractivity contribution in [2.75, 3.05) is 20.2 Å². The molecule has 3 fully saturated rings. The number of amides is 3. The normalized spacial score (nSPS) is 19.4. The third-order valence-corrected chi connectivity index (χ3v) is 8.90. The highest BCUT2D eigenvalue weighted by Gasteiger charge is 2.40. The number of carbonyl (C=O) groups excluding carboxylic acids is 3. The molecule has 47 heavy (non-hydrogen) atoms. The van der Waals surface area contributed by atoms with E-state index < -0.39 is 17.8 Å². The van der Waals surface area contributed by atoms with Crippen molar-refractivity contribution in [1.29, 1.82) is 0 Å². The molecular formula is C35H34FN5O6. The number of methoxy groups -OCH3 is 1. The fourth-order valence-corrected chi connectivity index (χ4v) is 6.25. The maximum atomic E-state index is 15.7. The molecule has 1 N–H and O–H groups in total. The molecule has 1 saturated carbocycles. The zero-order chi connectivity index (χ0) is 32.7. The SMILES string of the molecule is COc1ccc(C2CC(=O)N(Cc3cc(F)c(C(=O)N[C@H]4CC(=O)N(C5CC5)C4)cc3Oc3ccc(-c4nc(C)no4)cc3)C2)cc1. The van der Waals surface area contributed by atoms with Gasteiger partial charge in [-0.25, -0.2) is 4.39 Å². The van der Waals surface area contributed by atoms with Crippen LogP contribution < -0.4 is 14.8 Å². The van der Waals surface area contributed by atoms with Gasteiger partial charge in [-0.15, -0.1) is 0 Å². The fraction of sp³-hybridized carbons (Fsp3) is 0.343. The zero-order valence-corrected chi connectivity index (χ0v) is 26.1. The topological polar surface area (TPSA) is 127 Å². The van der Waals surface area contributed by atoms with Crippen LogP contribution >= 0.6 is 0 Å². The van der Waals surface area contributed by atoms with E-state index in [9.17, 15) is 14.4 Å². The summed E-state index contributed by atoms with van der Waals surface area (Å²) in [7, 11) is 1.60. The molecular weight excluding hydrogens is 605 g/mol. The first kappa shape index (κ1) is 30.4. The summed E-state index contributed by atoms with van der Waals surface area (Å²) in [6.45, 7) is 2.68. The van der Waals surface area contributed by atoms with Gasteiger partial charge in [0.2, 0.25) is 11.8 Å². The number of aryl methyl sites for hydroxylation is 1. The minimum atomic E-state index is -0.742. The average molecular weight is 640 g/mol.